The summed E-state index contributed by atoms with van der Waals surface area (Å²) in [5, 5.41) is 9.49. The second-order valence-corrected chi connectivity index (χ2v) is 16.5. The standard InChI is InChI=1S/C57H39NO/c1-57(2)51-23-13-12-21-46(51)47-30-28-41(34-52(47)57)58(53-33-40-17-6-8-18-43(40)45-20-10-11-22-48(45)53)42-29-31-49-50-32-39-16-7-9-19-44(39)55(56(50)59-54(49)35-42)38-26-24-37(25-27-38)36-14-4-3-5-15-36/h3-35H,1-2H3. The molecule has 0 amide bonds. The molecule has 1 aliphatic rings. The summed E-state index contributed by atoms with van der Waals surface area (Å²) >= 11 is 0. The van der Waals surface area contributed by atoms with Crippen LogP contribution in [0, 0.1) is 0 Å². The van der Waals surface area contributed by atoms with Crippen LogP contribution in [0.4, 0.5) is 17.1 Å². The number of benzene rings is 10. The fourth-order valence-corrected chi connectivity index (χ4v) is 9.93. The molecule has 0 fully saturated rings. The van der Waals surface area contributed by atoms with Crippen LogP contribution in [-0.2, 0) is 5.41 Å². The molecule has 1 aromatic heterocycles. The van der Waals surface area contributed by atoms with Crippen LogP contribution < -0.4 is 4.90 Å². The maximum absolute atomic E-state index is 7.10. The van der Waals surface area contributed by atoms with Crippen LogP contribution in [0.3, 0.4) is 0 Å². The first-order valence-electron chi connectivity index (χ1n) is 20.5. The zero-order valence-corrected chi connectivity index (χ0v) is 32.9. The molecule has 0 atom stereocenters. The lowest BCUT2D eigenvalue weighted by Gasteiger charge is -2.29. The van der Waals surface area contributed by atoms with E-state index in [0.29, 0.717) is 0 Å². The maximum Gasteiger partial charge on any atom is 0.143 e. The van der Waals surface area contributed by atoms with E-state index < -0.39 is 0 Å². The monoisotopic (exact) mass is 753 g/mol. The minimum Gasteiger partial charge on any atom is -0.455 e. The molecule has 0 radical (unpaired) electrons. The highest BCUT2D eigenvalue weighted by molar-refractivity contribution is 6.19. The largest absolute Gasteiger partial charge is 0.455 e. The Hall–Kier alpha value is -7.42. The zero-order chi connectivity index (χ0) is 39.2. The minimum atomic E-state index is -0.139. The Morgan fingerprint density at radius 2 is 0.983 bits per heavy atom. The fourth-order valence-electron chi connectivity index (χ4n) is 9.93. The molecule has 0 saturated heterocycles. The van der Waals surface area contributed by atoms with Gasteiger partial charge in [-0.2, -0.15) is 0 Å². The van der Waals surface area contributed by atoms with Crippen molar-refractivity contribution in [3.8, 4) is 33.4 Å². The van der Waals surface area contributed by atoms with Crippen molar-refractivity contribution >= 4 is 71.3 Å². The average Bonchev–Trinajstić information content (AvgIpc) is 3.76. The van der Waals surface area contributed by atoms with E-state index in [1.807, 2.05) is 0 Å². The summed E-state index contributed by atoms with van der Waals surface area (Å²) in [6.45, 7) is 4.71. The molecule has 0 spiro atoms. The SMILES string of the molecule is CC1(C)c2ccccc2-c2ccc(N(c3ccc4c(c3)oc3c(-c5ccc(-c6ccccc6)cc5)c5ccccc5cc34)c3cc4ccccc4c4ccccc34)cc21. The highest BCUT2D eigenvalue weighted by Crippen LogP contribution is 2.52. The van der Waals surface area contributed by atoms with Crippen molar-refractivity contribution in [2.75, 3.05) is 4.90 Å². The predicted octanol–water partition coefficient (Wildman–Crippen LogP) is 16.2. The van der Waals surface area contributed by atoms with E-state index in [-0.39, 0.29) is 5.41 Å². The van der Waals surface area contributed by atoms with Gasteiger partial charge < -0.3 is 9.32 Å². The molecule has 0 aliphatic heterocycles. The number of anilines is 3. The number of fused-ring (bicyclic) bond motifs is 10. The van der Waals surface area contributed by atoms with Crippen LogP contribution in [-0.4, -0.2) is 0 Å². The number of hydrogen-bond acceptors (Lipinski definition) is 2. The normalized spacial score (nSPS) is 13.1. The van der Waals surface area contributed by atoms with Crippen molar-refractivity contribution in [2.45, 2.75) is 19.3 Å². The van der Waals surface area contributed by atoms with Crippen LogP contribution in [0.15, 0.2) is 205 Å². The molecule has 1 heterocycles. The first-order valence-corrected chi connectivity index (χ1v) is 20.5. The third-order valence-electron chi connectivity index (χ3n) is 12.8. The van der Waals surface area contributed by atoms with Crippen molar-refractivity contribution in [3.05, 3.63) is 211 Å². The Labute approximate surface area is 343 Å². The summed E-state index contributed by atoms with van der Waals surface area (Å²) in [5.74, 6) is 0. The van der Waals surface area contributed by atoms with Crippen molar-refractivity contribution in [3.63, 3.8) is 0 Å². The Morgan fingerprint density at radius 1 is 0.390 bits per heavy atom. The number of nitrogens with zero attached hydrogens (tertiary/aromatic N) is 1. The van der Waals surface area contributed by atoms with Crippen molar-refractivity contribution in [1.82, 2.24) is 0 Å². The van der Waals surface area contributed by atoms with Gasteiger partial charge in [0.2, 0.25) is 0 Å². The van der Waals surface area contributed by atoms with Gasteiger partial charge in [-0.15, -0.1) is 0 Å². The molecule has 11 aromatic rings. The van der Waals surface area contributed by atoms with Crippen molar-refractivity contribution < 1.29 is 4.42 Å². The summed E-state index contributed by atoms with van der Waals surface area (Å²) in [7, 11) is 0. The number of rotatable bonds is 5. The van der Waals surface area contributed by atoms with Crippen molar-refractivity contribution in [1.29, 1.82) is 0 Å². The highest BCUT2D eigenvalue weighted by Gasteiger charge is 2.36. The third kappa shape index (κ3) is 5.13. The van der Waals surface area contributed by atoms with E-state index in [1.54, 1.807) is 0 Å². The lowest BCUT2D eigenvalue weighted by Crippen LogP contribution is -2.16. The van der Waals surface area contributed by atoms with Gasteiger partial charge in [-0.25, -0.2) is 0 Å². The predicted molar refractivity (Wildman–Crippen MR) is 249 cm³/mol. The molecule has 0 bridgehead atoms. The zero-order valence-electron chi connectivity index (χ0n) is 32.9. The molecule has 278 valence electrons. The molecule has 0 N–H and O–H groups in total. The van der Waals surface area contributed by atoms with Gasteiger partial charge >= 0.3 is 0 Å². The Morgan fingerprint density at radius 3 is 1.80 bits per heavy atom. The minimum absolute atomic E-state index is 0.139. The summed E-state index contributed by atoms with van der Waals surface area (Å²) in [6, 6.07) is 73.1. The maximum atomic E-state index is 7.10. The molecule has 12 rings (SSSR count). The van der Waals surface area contributed by atoms with Gasteiger partial charge in [0.25, 0.3) is 0 Å². The van der Waals surface area contributed by atoms with E-state index in [1.165, 1.54) is 65.7 Å². The smallest absolute Gasteiger partial charge is 0.143 e. The molecule has 59 heavy (non-hydrogen) atoms. The molecule has 2 nitrogen and oxygen atoms in total. The first-order chi connectivity index (χ1) is 29.0. The van der Waals surface area contributed by atoms with E-state index in [4.69, 9.17) is 4.42 Å². The second kappa shape index (κ2) is 12.8. The molecule has 10 aromatic carbocycles. The molecule has 0 saturated carbocycles. The van der Waals surface area contributed by atoms with Gasteiger partial charge in [-0.05, 0) is 102 Å². The summed E-state index contributed by atoms with van der Waals surface area (Å²) in [5.41, 5.74) is 14.9. The summed E-state index contributed by atoms with van der Waals surface area (Å²) < 4.78 is 7.10. The first kappa shape index (κ1) is 33.7. The highest BCUT2D eigenvalue weighted by atomic mass is 16.3. The second-order valence-electron chi connectivity index (χ2n) is 16.5. The molecule has 2 heteroatoms. The Kier molecular flexibility index (Phi) is 7.31. The van der Waals surface area contributed by atoms with Gasteiger partial charge in [-0.1, -0.05) is 172 Å². The van der Waals surface area contributed by atoms with Crippen LogP contribution >= 0.6 is 0 Å². The van der Waals surface area contributed by atoms with Crippen LogP contribution in [0.2, 0.25) is 0 Å². The molecule has 1 aliphatic carbocycles. The van der Waals surface area contributed by atoms with Gasteiger partial charge in [0.1, 0.15) is 11.2 Å². The number of hydrogen-bond donors (Lipinski definition) is 0. The lowest BCUT2D eigenvalue weighted by atomic mass is 9.82. The average molecular weight is 754 g/mol. The lowest BCUT2D eigenvalue weighted by molar-refractivity contribution is 0.660. The number of furan rings is 1. The van der Waals surface area contributed by atoms with Gasteiger partial charge in [0.05, 0.1) is 5.69 Å². The topological polar surface area (TPSA) is 16.4 Å². The van der Waals surface area contributed by atoms with Crippen LogP contribution in [0.1, 0.15) is 25.0 Å². The molecule has 0 unspecified atom stereocenters. The van der Waals surface area contributed by atoms with Gasteiger partial charge in [-0.3, -0.25) is 0 Å². The van der Waals surface area contributed by atoms with Crippen LogP contribution in [0.5, 0.6) is 0 Å². The van der Waals surface area contributed by atoms with Crippen molar-refractivity contribution in [2.24, 2.45) is 0 Å². The van der Waals surface area contributed by atoms with Gasteiger partial charge in [0.15, 0.2) is 0 Å². The third-order valence-corrected chi connectivity index (χ3v) is 12.8. The molecular weight excluding hydrogens is 715 g/mol. The Balaban J connectivity index is 1.09. The van der Waals surface area contributed by atoms with E-state index >= 15 is 0 Å². The van der Waals surface area contributed by atoms with Crippen LogP contribution in [0.25, 0.3) is 87.6 Å². The summed E-state index contributed by atoms with van der Waals surface area (Å²) in [4.78, 5) is 2.44. The summed E-state index contributed by atoms with van der Waals surface area (Å²) in [6.07, 6.45) is 0. The quantitative estimate of drug-likeness (QED) is 0.163. The van der Waals surface area contributed by atoms with E-state index in [9.17, 15) is 0 Å². The molecular formula is C57H39NO. The van der Waals surface area contributed by atoms with Gasteiger partial charge in [0, 0.05) is 44.6 Å². The van der Waals surface area contributed by atoms with E-state index in [2.05, 4.69) is 219 Å². The van der Waals surface area contributed by atoms with E-state index in [0.717, 1.165) is 50.1 Å². The fraction of sp³-hybridized carbons (Fsp3) is 0.0526. The Bertz CT molecular complexity index is 3460.